The average Bonchev–Trinajstić information content (AvgIpc) is 2.94. The minimum absolute atomic E-state index is 0.404. The zero-order chi connectivity index (χ0) is 12.3. The molecule has 0 bridgehead atoms. The molecule has 2 aromatic rings. The SMILES string of the molecule is COc1ccc(CN[C@@H](C)c2ccc(C)s2)s1. The molecule has 0 radical (unpaired) electrons. The summed E-state index contributed by atoms with van der Waals surface area (Å²) in [5, 5.41) is 4.50. The van der Waals surface area contributed by atoms with Crippen LogP contribution in [-0.4, -0.2) is 7.11 Å². The van der Waals surface area contributed by atoms with Crippen molar-refractivity contribution in [1.29, 1.82) is 0 Å². The van der Waals surface area contributed by atoms with E-state index in [2.05, 4.69) is 37.4 Å². The highest BCUT2D eigenvalue weighted by Crippen LogP contribution is 2.26. The molecule has 0 saturated carbocycles. The van der Waals surface area contributed by atoms with E-state index in [0.29, 0.717) is 6.04 Å². The van der Waals surface area contributed by atoms with Crippen LogP contribution < -0.4 is 10.1 Å². The van der Waals surface area contributed by atoms with Crippen LogP contribution in [0.3, 0.4) is 0 Å². The Morgan fingerprint density at radius 1 is 1.24 bits per heavy atom. The van der Waals surface area contributed by atoms with E-state index in [0.717, 1.165) is 11.6 Å². The van der Waals surface area contributed by atoms with Crippen molar-refractivity contribution in [1.82, 2.24) is 5.32 Å². The van der Waals surface area contributed by atoms with Crippen molar-refractivity contribution in [3.05, 3.63) is 38.9 Å². The fraction of sp³-hybridized carbons (Fsp3) is 0.385. The highest BCUT2D eigenvalue weighted by atomic mass is 32.1. The Morgan fingerprint density at radius 3 is 2.65 bits per heavy atom. The maximum absolute atomic E-state index is 5.18. The molecule has 2 rings (SSSR count). The number of ether oxygens (including phenoxy) is 1. The lowest BCUT2D eigenvalue weighted by Gasteiger charge is -2.10. The molecule has 0 aliphatic carbocycles. The van der Waals surface area contributed by atoms with Crippen molar-refractivity contribution >= 4 is 22.7 Å². The van der Waals surface area contributed by atoms with Crippen LogP contribution in [-0.2, 0) is 6.54 Å². The third-order valence-electron chi connectivity index (χ3n) is 2.61. The van der Waals surface area contributed by atoms with E-state index in [1.54, 1.807) is 18.4 Å². The van der Waals surface area contributed by atoms with Gasteiger partial charge in [0, 0.05) is 27.2 Å². The van der Waals surface area contributed by atoms with Gasteiger partial charge in [-0.1, -0.05) is 0 Å². The molecular weight excluding hydrogens is 250 g/mol. The van der Waals surface area contributed by atoms with Gasteiger partial charge >= 0.3 is 0 Å². The molecule has 0 unspecified atom stereocenters. The summed E-state index contributed by atoms with van der Waals surface area (Å²) in [7, 11) is 1.71. The summed E-state index contributed by atoms with van der Waals surface area (Å²) >= 11 is 3.55. The molecule has 0 aliphatic rings. The molecule has 2 heterocycles. The van der Waals surface area contributed by atoms with E-state index in [1.807, 2.05) is 17.4 Å². The lowest BCUT2D eigenvalue weighted by atomic mass is 10.2. The molecule has 0 amide bonds. The van der Waals surface area contributed by atoms with E-state index in [9.17, 15) is 0 Å². The van der Waals surface area contributed by atoms with E-state index in [1.165, 1.54) is 14.6 Å². The summed E-state index contributed by atoms with van der Waals surface area (Å²) in [6.45, 7) is 5.24. The van der Waals surface area contributed by atoms with Crippen molar-refractivity contribution < 1.29 is 4.74 Å². The first kappa shape index (κ1) is 12.6. The van der Waals surface area contributed by atoms with Gasteiger partial charge in [0.25, 0.3) is 0 Å². The quantitative estimate of drug-likeness (QED) is 0.885. The second kappa shape index (κ2) is 5.67. The Morgan fingerprint density at radius 2 is 2.06 bits per heavy atom. The number of hydrogen-bond donors (Lipinski definition) is 1. The topological polar surface area (TPSA) is 21.3 Å². The standard InChI is InChI=1S/C13H17NOS2/c1-9-4-6-12(16-9)10(2)14-8-11-5-7-13(15-3)17-11/h4-7,10,14H,8H2,1-3H3/t10-/m0/s1. The van der Waals surface area contributed by atoms with Crippen LogP contribution in [0.2, 0.25) is 0 Å². The van der Waals surface area contributed by atoms with Crippen molar-refractivity contribution in [3.63, 3.8) is 0 Å². The minimum Gasteiger partial charge on any atom is -0.487 e. The van der Waals surface area contributed by atoms with Crippen LogP contribution in [0, 0.1) is 6.92 Å². The number of methoxy groups -OCH3 is 1. The van der Waals surface area contributed by atoms with Crippen molar-refractivity contribution in [2.24, 2.45) is 0 Å². The van der Waals surface area contributed by atoms with Crippen molar-refractivity contribution in [2.75, 3.05) is 7.11 Å². The van der Waals surface area contributed by atoms with Crippen molar-refractivity contribution in [3.8, 4) is 5.06 Å². The number of nitrogens with one attached hydrogen (secondary N) is 1. The van der Waals surface area contributed by atoms with Crippen molar-refractivity contribution in [2.45, 2.75) is 26.4 Å². The smallest absolute Gasteiger partial charge is 0.173 e. The second-order valence-corrected chi connectivity index (χ2v) is 6.43. The van der Waals surface area contributed by atoms with Crippen LogP contribution >= 0.6 is 22.7 Å². The van der Waals surface area contributed by atoms with Gasteiger partial charge in [-0.05, 0) is 38.1 Å². The average molecular weight is 267 g/mol. The summed E-state index contributed by atoms with van der Waals surface area (Å²) < 4.78 is 5.18. The molecule has 2 aromatic heterocycles. The summed E-state index contributed by atoms with van der Waals surface area (Å²) in [5.41, 5.74) is 0. The van der Waals surface area contributed by atoms with Crippen LogP contribution in [0.5, 0.6) is 5.06 Å². The number of thiophene rings is 2. The predicted octanol–water partition coefficient (Wildman–Crippen LogP) is 3.98. The van der Waals surface area contributed by atoms with Crippen LogP contribution in [0.25, 0.3) is 0 Å². The molecule has 92 valence electrons. The molecule has 0 aromatic carbocycles. The highest BCUT2D eigenvalue weighted by Gasteiger charge is 2.07. The van der Waals surface area contributed by atoms with Gasteiger partial charge in [-0.3, -0.25) is 0 Å². The molecule has 0 spiro atoms. The van der Waals surface area contributed by atoms with Gasteiger partial charge in [0.15, 0.2) is 5.06 Å². The molecular formula is C13H17NOS2. The lowest BCUT2D eigenvalue weighted by Crippen LogP contribution is -2.16. The number of aryl methyl sites for hydroxylation is 1. The molecule has 17 heavy (non-hydrogen) atoms. The molecule has 0 fully saturated rings. The Bertz CT molecular complexity index is 475. The maximum Gasteiger partial charge on any atom is 0.173 e. The summed E-state index contributed by atoms with van der Waals surface area (Å²) in [4.78, 5) is 4.07. The molecule has 1 atom stereocenters. The Kier molecular flexibility index (Phi) is 4.20. The predicted molar refractivity (Wildman–Crippen MR) is 75.2 cm³/mol. The van der Waals surface area contributed by atoms with Gasteiger partial charge in [0.05, 0.1) is 7.11 Å². The normalized spacial score (nSPS) is 12.6. The molecule has 1 N–H and O–H groups in total. The molecule has 0 saturated heterocycles. The minimum atomic E-state index is 0.404. The first-order chi connectivity index (χ1) is 8.19. The van der Waals surface area contributed by atoms with Crippen LogP contribution in [0.1, 0.15) is 27.6 Å². The first-order valence-corrected chi connectivity index (χ1v) is 7.25. The third kappa shape index (κ3) is 3.31. The Hall–Kier alpha value is -0.840. The van der Waals surface area contributed by atoms with E-state index >= 15 is 0 Å². The monoisotopic (exact) mass is 267 g/mol. The van der Waals surface area contributed by atoms with Crippen LogP contribution in [0.4, 0.5) is 0 Å². The third-order valence-corrected chi connectivity index (χ3v) is 4.84. The summed E-state index contributed by atoms with van der Waals surface area (Å²) in [6, 6.07) is 8.91. The number of rotatable bonds is 5. The zero-order valence-electron chi connectivity index (χ0n) is 10.3. The van der Waals surface area contributed by atoms with E-state index in [4.69, 9.17) is 4.74 Å². The highest BCUT2D eigenvalue weighted by molar-refractivity contribution is 7.13. The van der Waals surface area contributed by atoms with Gasteiger partial charge in [0.1, 0.15) is 0 Å². The molecule has 4 heteroatoms. The Balaban J connectivity index is 1.89. The van der Waals surface area contributed by atoms with E-state index in [-0.39, 0.29) is 0 Å². The maximum atomic E-state index is 5.18. The van der Waals surface area contributed by atoms with Crippen LogP contribution in [0.15, 0.2) is 24.3 Å². The van der Waals surface area contributed by atoms with Gasteiger partial charge < -0.3 is 10.1 Å². The van der Waals surface area contributed by atoms with E-state index < -0.39 is 0 Å². The zero-order valence-corrected chi connectivity index (χ0v) is 12.0. The Labute approximate surface area is 110 Å². The number of hydrogen-bond acceptors (Lipinski definition) is 4. The van der Waals surface area contributed by atoms with Gasteiger partial charge in [-0.25, -0.2) is 0 Å². The lowest BCUT2D eigenvalue weighted by molar-refractivity contribution is 0.427. The molecule has 0 aliphatic heterocycles. The summed E-state index contributed by atoms with van der Waals surface area (Å²) in [5.74, 6) is 0. The van der Waals surface area contributed by atoms with Gasteiger partial charge in [0.2, 0.25) is 0 Å². The fourth-order valence-corrected chi connectivity index (χ4v) is 3.28. The largest absolute Gasteiger partial charge is 0.487 e. The summed E-state index contributed by atoms with van der Waals surface area (Å²) in [6.07, 6.45) is 0. The fourth-order valence-electron chi connectivity index (χ4n) is 1.60. The van der Waals surface area contributed by atoms with Gasteiger partial charge in [-0.2, -0.15) is 0 Å². The first-order valence-electron chi connectivity index (χ1n) is 5.61. The molecule has 2 nitrogen and oxygen atoms in total. The second-order valence-electron chi connectivity index (χ2n) is 3.98. The van der Waals surface area contributed by atoms with Gasteiger partial charge in [-0.15, -0.1) is 22.7 Å².